The Balaban J connectivity index is 1.02. The predicted molar refractivity (Wildman–Crippen MR) is 213 cm³/mol. The lowest BCUT2D eigenvalue weighted by molar-refractivity contribution is -0.0272. The fourth-order valence-corrected chi connectivity index (χ4v) is 6.38. The first-order valence-electron chi connectivity index (χ1n) is 18.8. The van der Waals surface area contributed by atoms with Crippen LogP contribution in [0.25, 0.3) is 5.76 Å². The van der Waals surface area contributed by atoms with Crippen LogP contribution in [0, 0.1) is 0 Å². The lowest BCUT2D eigenvalue weighted by atomic mass is 9.94. The van der Waals surface area contributed by atoms with Crippen LogP contribution < -0.4 is 4.74 Å². The summed E-state index contributed by atoms with van der Waals surface area (Å²) in [5.74, 6) is 0.901. The van der Waals surface area contributed by atoms with Gasteiger partial charge >= 0.3 is 5.97 Å². The van der Waals surface area contributed by atoms with E-state index in [9.17, 15) is 4.79 Å². The third-order valence-corrected chi connectivity index (χ3v) is 9.59. The van der Waals surface area contributed by atoms with E-state index in [4.69, 9.17) is 18.9 Å². The number of allylic oxidation sites excluding steroid dienone is 2. The molecule has 53 heavy (non-hydrogen) atoms. The summed E-state index contributed by atoms with van der Waals surface area (Å²) in [5, 5.41) is 0. The molecular formula is C48H50O5. The summed E-state index contributed by atoms with van der Waals surface area (Å²) in [5.41, 5.74) is 8.83. The van der Waals surface area contributed by atoms with Crippen molar-refractivity contribution >= 4 is 11.7 Å². The Morgan fingerprint density at radius 2 is 1.15 bits per heavy atom. The van der Waals surface area contributed by atoms with Gasteiger partial charge in [-0.15, -0.1) is 0 Å². The third-order valence-electron chi connectivity index (χ3n) is 9.59. The first-order chi connectivity index (χ1) is 26.1. The first-order valence-corrected chi connectivity index (χ1v) is 18.8. The largest absolute Gasteiger partial charge is 0.490 e. The van der Waals surface area contributed by atoms with Gasteiger partial charge < -0.3 is 18.9 Å². The summed E-state index contributed by atoms with van der Waals surface area (Å²) in [6, 6.07) is 44.4. The van der Waals surface area contributed by atoms with E-state index >= 15 is 0 Å². The van der Waals surface area contributed by atoms with Crippen LogP contribution in [0.5, 0.6) is 5.75 Å². The van der Waals surface area contributed by atoms with Crippen molar-refractivity contribution in [3.05, 3.63) is 191 Å². The normalized spacial score (nSPS) is 13.1. The number of carbonyl (C=O) groups is 1. The standard InChI is InChI=1S/C48H50O5/c1-37(44-27-21-40(22-28-44)19-17-38-11-5-2-6-12-38)51-36-47(35-50-33-43-25-31-46(32-26-43)52-34-42-15-9-4-10-16-42)53-48(49)45-29-23-41(24-30-45)20-18-39-13-7-3-8-14-39/h3-4,7-11,13-16,21-32,47H,1-2,5-6,12,17-20,33-36H2. The highest BCUT2D eigenvalue weighted by Crippen LogP contribution is 2.23. The quantitative estimate of drug-likeness (QED) is 0.0486. The molecule has 0 bridgehead atoms. The molecule has 0 saturated heterocycles. The molecule has 5 aromatic rings. The van der Waals surface area contributed by atoms with Crippen LogP contribution in [0.3, 0.4) is 0 Å². The van der Waals surface area contributed by atoms with Crippen LogP contribution in [-0.2, 0) is 46.7 Å². The fourth-order valence-electron chi connectivity index (χ4n) is 6.38. The molecule has 0 fully saturated rings. The van der Waals surface area contributed by atoms with Crippen LogP contribution in [-0.4, -0.2) is 25.3 Å². The Morgan fingerprint density at radius 3 is 1.79 bits per heavy atom. The molecule has 5 nitrogen and oxygen atoms in total. The van der Waals surface area contributed by atoms with Crippen molar-refractivity contribution in [1.29, 1.82) is 0 Å². The van der Waals surface area contributed by atoms with Crippen LogP contribution in [0.4, 0.5) is 0 Å². The molecule has 1 aliphatic carbocycles. The molecule has 0 aromatic heterocycles. The highest BCUT2D eigenvalue weighted by molar-refractivity contribution is 5.89. The van der Waals surface area contributed by atoms with Crippen LogP contribution >= 0.6 is 0 Å². The lowest BCUT2D eigenvalue weighted by Crippen LogP contribution is -2.28. The zero-order valence-electron chi connectivity index (χ0n) is 30.6. The zero-order valence-corrected chi connectivity index (χ0v) is 30.6. The van der Waals surface area contributed by atoms with Crippen LogP contribution in [0.2, 0.25) is 0 Å². The average molecular weight is 707 g/mol. The van der Waals surface area contributed by atoms with E-state index in [-0.39, 0.29) is 13.2 Å². The molecule has 272 valence electrons. The summed E-state index contributed by atoms with van der Waals surface area (Å²) < 4.78 is 24.1. The molecule has 0 aliphatic heterocycles. The predicted octanol–water partition coefficient (Wildman–Crippen LogP) is 10.9. The van der Waals surface area contributed by atoms with E-state index in [0.717, 1.165) is 48.1 Å². The van der Waals surface area contributed by atoms with Gasteiger partial charge in [0.2, 0.25) is 0 Å². The molecule has 5 aromatic carbocycles. The first kappa shape index (κ1) is 37.4. The number of hydrogen-bond donors (Lipinski definition) is 0. The van der Waals surface area contributed by atoms with E-state index in [1.54, 1.807) is 5.57 Å². The minimum Gasteiger partial charge on any atom is -0.490 e. The smallest absolute Gasteiger partial charge is 0.338 e. The highest BCUT2D eigenvalue weighted by Gasteiger charge is 2.19. The summed E-state index contributed by atoms with van der Waals surface area (Å²) in [7, 11) is 0. The van der Waals surface area contributed by atoms with Crippen LogP contribution in [0.15, 0.2) is 152 Å². The maximum Gasteiger partial charge on any atom is 0.338 e. The van der Waals surface area contributed by atoms with Gasteiger partial charge in [-0.05, 0) is 103 Å². The van der Waals surface area contributed by atoms with E-state index in [1.165, 1.54) is 42.4 Å². The molecule has 1 unspecified atom stereocenters. The van der Waals surface area contributed by atoms with Gasteiger partial charge in [0.25, 0.3) is 0 Å². The maximum absolute atomic E-state index is 13.3. The molecule has 5 heteroatoms. The van der Waals surface area contributed by atoms with Crippen molar-refractivity contribution < 1.29 is 23.7 Å². The monoisotopic (exact) mass is 706 g/mol. The Bertz CT molecular complexity index is 1880. The summed E-state index contributed by atoms with van der Waals surface area (Å²) >= 11 is 0. The van der Waals surface area contributed by atoms with E-state index in [1.807, 2.05) is 84.9 Å². The van der Waals surface area contributed by atoms with Gasteiger partial charge in [0.05, 0.1) is 18.8 Å². The number of benzene rings is 5. The van der Waals surface area contributed by atoms with Crippen molar-refractivity contribution in [2.24, 2.45) is 0 Å². The molecule has 0 spiro atoms. The Hall–Kier alpha value is -5.39. The minimum absolute atomic E-state index is 0.113. The number of rotatable bonds is 19. The number of ether oxygens (including phenoxy) is 4. The number of hydrogen-bond acceptors (Lipinski definition) is 5. The Kier molecular flexibility index (Phi) is 14.1. The Labute approximate surface area is 314 Å². The van der Waals surface area contributed by atoms with Gasteiger partial charge in [-0.2, -0.15) is 0 Å². The molecular weight excluding hydrogens is 657 g/mol. The number of esters is 1. The van der Waals surface area contributed by atoms with E-state index in [0.29, 0.717) is 24.5 Å². The summed E-state index contributed by atoms with van der Waals surface area (Å²) in [6.07, 6.45) is 10.8. The molecule has 0 heterocycles. The van der Waals surface area contributed by atoms with Gasteiger partial charge in [0.15, 0.2) is 6.10 Å². The van der Waals surface area contributed by atoms with E-state index in [2.05, 4.69) is 61.2 Å². The van der Waals surface area contributed by atoms with Crippen molar-refractivity contribution in [3.8, 4) is 5.75 Å². The van der Waals surface area contributed by atoms with Gasteiger partial charge in [-0.3, -0.25) is 0 Å². The minimum atomic E-state index is -0.645. The molecule has 0 radical (unpaired) electrons. The lowest BCUT2D eigenvalue weighted by Gasteiger charge is -2.20. The topological polar surface area (TPSA) is 54.0 Å². The maximum atomic E-state index is 13.3. The van der Waals surface area contributed by atoms with E-state index < -0.39 is 12.1 Å². The third kappa shape index (κ3) is 12.4. The molecule has 0 amide bonds. The SMILES string of the molecule is C=C(OCC(COCc1ccc(OCc2ccccc2)cc1)OC(=O)c1ccc(CCc2ccccc2)cc1)c1ccc(CCC2=CCCCC2)cc1. The Morgan fingerprint density at radius 1 is 0.585 bits per heavy atom. The zero-order chi connectivity index (χ0) is 36.5. The van der Waals surface area contributed by atoms with Crippen LogP contribution in [0.1, 0.15) is 75.8 Å². The van der Waals surface area contributed by atoms with Gasteiger partial charge in [-0.25, -0.2) is 4.79 Å². The van der Waals surface area contributed by atoms with Gasteiger partial charge in [0.1, 0.15) is 24.7 Å². The van der Waals surface area contributed by atoms with Gasteiger partial charge in [-0.1, -0.05) is 127 Å². The van der Waals surface area contributed by atoms with Gasteiger partial charge in [0, 0.05) is 5.56 Å². The highest BCUT2D eigenvalue weighted by atomic mass is 16.6. The van der Waals surface area contributed by atoms with Crippen molar-refractivity contribution in [2.45, 2.75) is 70.7 Å². The average Bonchev–Trinajstić information content (AvgIpc) is 3.22. The second-order valence-electron chi connectivity index (χ2n) is 13.7. The molecule has 1 aliphatic rings. The fraction of sp³-hybridized carbons (Fsp3) is 0.271. The van der Waals surface area contributed by atoms with Crippen molar-refractivity contribution in [3.63, 3.8) is 0 Å². The second-order valence-corrected chi connectivity index (χ2v) is 13.7. The molecule has 1 atom stereocenters. The molecule has 6 rings (SSSR count). The summed E-state index contributed by atoms with van der Waals surface area (Å²) in [6.45, 7) is 5.31. The number of aryl methyl sites for hydroxylation is 3. The molecule has 0 N–H and O–H groups in total. The number of carbonyl (C=O) groups excluding carboxylic acids is 1. The summed E-state index contributed by atoms with van der Waals surface area (Å²) in [4.78, 5) is 13.3. The second kappa shape index (κ2) is 20.0. The van der Waals surface area contributed by atoms with Crippen molar-refractivity contribution in [1.82, 2.24) is 0 Å². The molecule has 0 saturated carbocycles. The van der Waals surface area contributed by atoms with Crippen molar-refractivity contribution in [2.75, 3.05) is 13.2 Å².